The molecule has 3 N–H and O–H groups in total. The van der Waals surface area contributed by atoms with Gasteiger partial charge in [-0.25, -0.2) is 0 Å². The van der Waals surface area contributed by atoms with Crippen molar-refractivity contribution in [3.8, 4) is 0 Å². The van der Waals surface area contributed by atoms with E-state index in [9.17, 15) is 0 Å². The second-order valence-corrected chi connectivity index (χ2v) is 4.90. The molecule has 0 saturated heterocycles. The van der Waals surface area contributed by atoms with Crippen LogP contribution >= 0.6 is 15.9 Å². The smallest absolute Gasteiger partial charge is 0.0414 e. The van der Waals surface area contributed by atoms with Crippen LogP contribution in [0.25, 0.3) is 0 Å². The van der Waals surface area contributed by atoms with Crippen LogP contribution < -0.4 is 11.1 Å². The van der Waals surface area contributed by atoms with Crippen molar-refractivity contribution >= 4 is 27.3 Å². The largest absolute Gasteiger partial charge is 0.355 e. The lowest BCUT2D eigenvalue weighted by Crippen LogP contribution is -1.98. The number of nitrogens with two attached hydrogens (primary N) is 1. The molecule has 0 amide bonds. The molecule has 0 aliphatic carbocycles. The fourth-order valence-electron chi connectivity index (χ4n) is 1.70. The van der Waals surface area contributed by atoms with E-state index in [1.165, 1.54) is 5.56 Å². The van der Waals surface area contributed by atoms with Crippen LogP contribution in [0, 0.1) is 6.92 Å². The van der Waals surface area contributed by atoms with Gasteiger partial charge < -0.3 is 11.1 Å². The summed E-state index contributed by atoms with van der Waals surface area (Å²) in [7, 11) is 0. The van der Waals surface area contributed by atoms with Gasteiger partial charge in [-0.1, -0.05) is 28.1 Å². The fourth-order valence-corrected chi connectivity index (χ4v) is 2.17. The zero-order valence-electron chi connectivity index (χ0n) is 9.70. The highest BCUT2D eigenvalue weighted by molar-refractivity contribution is 9.10. The van der Waals surface area contributed by atoms with Gasteiger partial charge in [0.15, 0.2) is 0 Å². The van der Waals surface area contributed by atoms with E-state index < -0.39 is 0 Å². The van der Waals surface area contributed by atoms with Crippen molar-refractivity contribution < 1.29 is 0 Å². The number of halogens is 1. The maximum absolute atomic E-state index is 5.63. The number of hydrogen-bond acceptors (Lipinski definition) is 2. The second-order valence-electron chi connectivity index (χ2n) is 3.99. The number of aryl methyl sites for hydroxylation is 1. The highest BCUT2D eigenvalue weighted by atomic mass is 79.9. The zero-order chi connectivity index (χ0) is 12.3. The summed E-state index contributed by atoms with van der Waals surface area (Å²) in [5.74, 6) is 0. The molecule has 3 heteroatoms. The van der Waals surface area contributed by atoms with Crippen LogP contribution in [0.2, 0.25) is 0 Å². The monoisotopic (exact) mass is 290 g/mol. The minimum atomic E-state index is 0.564. The van der Waals surface area contributed by atoms with Gasteiger partial charge in [0.05, 0.1) is 0 Å². The second kappa shape index (κ2) is 5.34. The molecule has 88 valence electrons. The van der Waals surface area contributed by atoms with Crippen LogP contribution in [-0.2, 0) is 6.54 Å². The van der Waals surface area contributed by atoms with E-state index in [2.05, 4.69) is 46.4 Å². The first-order chi connectivity index (χ1) is 8.19. The number of anilines is 2. The number of hydrogen-bond donors (Lipinski definition) is 2. The van der Waals surface area contributed by atoms with Crippen molar-refractivity contribution in [2.24, 2.45) is 5.73 Å². The molecule has 0 aromatic heterocycles. The maximum Gasteiger partial charge on any atom is 0.0414 e. The minimum absolute atomic E-state index is 0.564. The molecule has 0 saturated carbocycles. The summed E-state index contributed by atoms with van der Waals surface area (Å²) in [6.45, 7) is 2.65. The van der Waals surface area contributed by atoms with Gasteiger partial charge in [-0.15, -0.1) is 0 Å². The van der Waals surface area contributed by atoms with Crippen molar-refractivity contribution in [1.82, 2.24) is 0 Å². The molecular formula is C14H15BrN2. The SMILES string of the molecule is Cc1cc(Br)ccc1Nc1cccc(CN)c1. The van der Waals surface area contributed by atoms with E-state index in [1.807, 2.05) is 24.3 Å². The lowest BCUT2D eigenvalue weighted by molar-refractivity contribution is 1.07. The lowest BCUT2D eigenvalue weighted by Gasteiger charge is -2.10. The fraction of sp³-hybridized carbons (Fsp3) is 0.143. The molecule has 0 bridgehead atoms. The van der Waals surface area contributed by atoms with Crippen LogP contribution in [0.5, 0.6) is 0 Å². The summed E-state index contributed by atoms with van der Waals surface area (Å²) < 4.78 is 1.09. The first-order valence-electron chi connectivity index (χ1n) is 5.51. The van der Waals surface area contributed by atoms with Crippen LogP contribution in [0.15, 0.2) is 46.9 Å². The Morgan fingerprint density at radius 2 is 2.00 bits per heavy atom. The van der Waals surface area contributed by atoms with Gasteiger partial charge in [0, 0.05) is 22.4 Å². The number of rotatable bonds is 3. The predicted octanol–water partition coefficient (Wildman–Crippen LogP) is 3.96. The number of benzene rings is 2. The standard InChI is InChI=1S/C14H15BrN2/c1-10-7-12(15)5-6-14(10)17-13-4-2-3-11(8-13)9-16/h2-8,17H,9,16H2,1H3. The van der Waals surface area contributed by atoms with Gasteiger partial charge in [0.25, 0.3) is 0 Å². The molecule has 17 heavy (non-hydrogen) atoms. The molecule has 2 aromatic carbocycles. The van der Waals surface area contributed by atoms with E-state index in [1.54, 1.807) is 0 Å². The van der Waals surface area contributed by atoms with Gasteiger partial charge in [-0.2, -0.15) is 0 Å². The molecule has 0 unspecified atom stereocenters. The van der Waals surface area contributed by atoms with Gasteiger partial charge in [0.1, 0.15) is 0 Å². The molecule has 0 atom stereocenters. The molecule has 0 aliphatic heterocycles. The van der Waals surface area contributed by atoms with Crippen molar-refractivity contribution in [1.29, 1.82) is 0 Å². The summed E-state index contributed by atoms with van der Waals surface area (Å²) in [5.41, 5.74) is 10.1. The van der Waals surface area contributed by atoms with Crippen LogP contribution in [-0.4, -0.2) is 0 Å². The summed E-state index contributed by atoms with van der Waals surface area (Å²) in [4.78, 5) is 0. The third-order valence-electron chi connectivity index (χ3n) is 2.63. The van der Waals surface area contributed by atoms with Crippen LogP contribution in [0.4, 0.5) is 11.4 Å². The van der Waals surface area contributed by atoms with Gasteiger partial charge in [0.2, 0.25) is 0 Å². The summed E-state index contributed by atoms with van der Waals surface area (Å²) in [6.07, 6.45) is 0. The predicted molar refractivity (Wildman–Crippen MR) is 76.5 cm³/mol. The lowest BCUT2D eigenvalue weighted by atomic mass is 10.1. The summed E-state index contributed by atoms with van der Waals surface area (Å²) in [6, 6.07) is 14.3. The molecule has 0 aliphatic rings. The van der Waals surface area contributed by atoms with E-state index in [0.717, 1.165) is 21.4 Å². The molecule has 0 heterocycles. The Bertz CT molecular complexity index is 523. The van der Waals surface area contributed by atoms with Crippen molar-refractivity contribution in [3.05, 3.63) is 58.1 Å². The quantitative estimate of drug-likeness (QED) is 0.898. The van der Waals surface area contributed by atoms with E-state index in [-0.39, 0.29) is 0 Å². The van der Waals surface area contributed by atoms with Gasteiger partial charge in [-0.05, 0) is 48.4 Å². The van der Waals surface area contributed by atoms with E-state index in [0.29, 0.717) is 6.54 Å². The Balaban J connectivity index is 2.25. The summed E-state index contributed by atoms with van der Waals surface area (Å²) in [5, 5.41) is 3.40. The molecule has 0 fully saturated rings. The Kier molecular flexibility index (Phi) is 3.82. The molecular weight excluding hydrogens is 276 g/mol. The molecule has 2 aromatic rings. The van der Waals surface area contributed by atoms with Crippen molar-refractivity contribution in [2.45, 2.75) is 13.5 Å². The average molecular weight is 291 g/mol. The third-order valence-corrected chi connectivity index (χ3v) is 3.12. The van der Waals surface area contributed by atoms with E-state index in [4.69, 9.17) is 5.73 Å². The number of nitrogens with one attached hydrogen (secondary N) is 1. The van der Waals surface area contributed by atoms with Crippen LogP contribution in [0.3, 0.4) is 0 Å². The van der Waals surface area contributed by atoms with Crippen LogP contribution in [0.1, 0.15) is 11.1 Å². The Morgan fingerprint density at radius 3 is 2.71 bits per heavy atom. The molecule has 2 nitrogen and oxygen atoms in total. The average Bonchev–Trinajstić information content (AvgIpc) is 2.33. The normalized spacial score (nSPS) is 10.3. The molecule has 2 rings (SSSR count). The highest BCUT2D eigenvalue weighted by Gasteiger charge is 2.00. The van der Waals surface area contributed by atoms with Crippen molar-refractivity contribution in [2.75, 3.05) is 5.32 Å². The molecule has 0 spiro atoms. The first kappa shape index (κ1) is 12.1. The highest BCUT2D eigenvalue weighted by Crippen LogP contribution is 2.24. The minimum Gasteiger partial charge on any atom is -0.355 e. The van der Waals surface area contributed by atoms with Gasteiger partial charge >= 0.3 is 0 Å². The maximum atomic E-state index is 5.63. The molecule has 0 radical (unpaired) electrons. The Hall–Kier alpha value is -1.32. The van der Waals surface area contributed by atoms with Crippen molar-refractivity contribution in [3.63, 3.8) is 0 Å². The third kappa shape index (κ3) is 3.08. The Morgan fingerprint density at radius 1 is 1.18 bits per heavy atom. The van der Waals surface area contributed by atoms with Gasteiger partial charge in [-0.3, -0.25) is 0 Å². The van der Waals surface area contributed by atoms with E-state index >= 15 is 0 Å². The first-order valence-corrected chi connectivity index (χ1v) is 6.30. The summed E-state index contributed by atoms with van der Waals surface area (Å²) >= 11 is 3.46. The zero-order valence-corrected chi connectivity index (χ0v) is 11.3. The Labute approximate surface area is 110 Å². The topological polar surface area (TPSA) is 38.0 Å².